The Morgan fingerprint density at radius 1 is 1.12 bits per heavy atom. The second kappa shape index (κ2) is 10.4. The van der Waals surface area contributed by atoms with Gasteiger partial charge in [-0.15, -0.1) is 0 Å². The quantitative estimate of drug-likeness (QED) is 0.308. The number of carbonyl (C=O) groups is 2. The monoisotopic (exact) mass is 557 g/mol. The average molecular weight is 558 g/mol. The number of likely N-dealkylation sites (tertiary alicyclic amines) is 1. The Morgan fingerprint density at radius 3 is 2.55 bits per heavy atom. The van der Waals surface area contributed by atoms with Gasteiger partial charge in [-0.2, -0.15) is 18.3 Å². The summed E-state index contributed by atoms with van der Waals surface area (Å²) in [7, 11) is 0. The van der Waals surface area contributed by atoms with E-state index in [1.165, 1.54) is 11.2 Å². The second-order valence-electron chi connectivity index (χ2n) is 9.35. The van der Waals surface area contributed by atoms with E-state index >= 15 is 0 Å². The summed E-state index contributed by atoms with van der Waals surface area (Å²) in [6.45, 7) is 0.694. The van der Waals surface area contributed by atoms with Crippen molar-refractivity contribution < 1.29 is 32.3 Å². The lowest BCUT2D eigenvalue weighted by molar-refractivity contribution is -0.137. The molecule has 0 saturated carbocycles. The Balaban J connectivity index is 1.35. The van der Waals surface area contributed by atoms with E-state index in [1.54, 1.807) is 28.9 Å². The van der Waals surface area contributed by atoms with E-state index in [1.807, 2.05) is 0 Å². The summed E-state index contributed by atoms with van der Waals surface area (Å²) < 4.78 is 54.1. The molecule has 1 aliphatic heterocycles. The van der Waals surface area contributed by atoms with Gasteiger partial charge in [0.2, 0.25) is 0 Å². The smallest absolute Gasteiger partial charge is 0.416 e. The van der Waals surface area contributed by atoms with Gasteiger partial charge in [0, 0.05) is 25.2 Å². The van der Waals surface area contributed by atoms with E-state index < -0.39 is 35.1 Å². The molecule has 4 N–H and O–H groups in total. The van der Waals surface area contributed by atoms with Crippen molar-refractivity contribution in [3.63, 3.8) is 0 Å². The maximum Gasteiger partial charge on any atom is 0.416 e. The van der Waals surface area contributed by atoms with E-state index in [0.29, 0.717) is 53.3 Å². The Bertz CT molecular complexity index is 1590. The molecule has 14 heteroatoms. The van der Waals surface area contributed by atoms with Crippen LogP contribution >= 0.6 is 0 Å². The highest BCUT2D eigenvalue weighted by atomic mass is 19.4. The highest BCUT2D eigenvalue weighted by Crippen LogP contribution is 2.34. The van der Waals surface area contributed by atoms with Crippen LogP contribution in [-0.4, -0.2) is 54.8 Å². The van der Waals surface area contributed by atoms with Crippen molar-refractivity contribution in [2.24, 2.45) is 0 Å². The van der Waals surface area contributed by atoms with Gasteiger partial charge < -0.3 is 21.1 Å². The summed E-state index contributed by atoms with van der Waals surface area (Å²) in [6.07, 6.45) is -3.01. The number of nitrogens with two attached hydrogens (primary N) is 1. The summed E-state index contributed by atoms with van der Waals surface area (Å²) in [5, 5.41) is 17.2. The first-order valence-electron chi connectivity index (χ1n) is 12.2. The number of benzene rings is 2. The largest absolute Gasteiger partial charge is 0.465 e. The first kappa shape index (κ1) is 26.8. The molecule has 208 valence electrons. The minimum Gasteiger partial charge on any atom is -0.465 e. The molecular weight excluding hydrogens is 534 g/mol. The highest BCUT2D eigenvalue weighted by molar-refractivity contribution is 5.98. The summed E-state index contributed by atoms with van der Waals surface area (Å²) in [4.78, 5) is 33.7. The van der Waals surface area contributed by atoms with Gasteiger partial charge in [-0.05, 0) is 36.6 Å². The molecule has 2 aromatic carbocycles. The number of halogens is 4. The molecule has 0 aliphatic carbocycles. The van der Waals surface area contributed by atoms with Gasteiger partial charge in [-0.1, -0.05) is 24.3 Å². The summed E-state index contributed by atoms with van der Waals surface area (Å²) in [5.41, 5.74) is 6.79. The summed E-state index contributed by atoms with van der Waals surface area (Å²) in [6, 6.07) is 8.38. The molecular formula is C26H23F4N7O3. The van der Waals surface area contributed by atoms with E-state index in [2.05, 4.69) is 15.3 Å². The lowest BCUT2D eigenvalue weighted by Gasteiger charge is -2.30. The SMILES string of the molecule is Nc1ncnc2c1c(-c1ccc(CNC(=O)c3ccc(C(F)(F)F)cc3F)cc1)nn2[C@@H]1CCCN(C(=O)O)C1. The zero-order valence-corrected chi connectivity index (χ0v) is 20.8. The fraction of sp³-hybridized carbons (Fsp3) is 0.269. The lowest BCUT2D eigenvalue weighted by Crippen LogP contribution is -2.40. The van der Waals surface area contributed by atoms with Crippen molar-refractivity contribution in [2.45, 2.75) is 31.6 Å². The van der Waals surface area contributed by atoms with Crippen LogP contribution in [0.1, 0.15) is 40.4 Å². The first-order chi connectivity index (χ1) is 19.0. The molecule has 2 amide bonds. The third-order valence-corrected chi connectivity index (χ3v) is 6.75. The molecule has 2 aromatic heterocycles. The Morgan fingerprint density at radius 2 is 1.88 bits per heavy atom. The number of amides is 2. The predicted octanol–water partition coefficient (Wildman–Crippen LogP) is 4.48. The zero-order chi connectivity index (χ0) is 28.6. The van der Waals surface area contributed by atoms with Gasteiger partial charge in [-0.3, -0.25) is 4.79 Å². The molecule has 3 heterocycles. The molecule has 1 fully saturated rings. The van der Waals surface area contributed by atoms with Gasteiger partial charge in [-0.25, -0.2) is 23.8 Å². The molecule has 0 radical (unpaired) electrons. The molecule has 1 saturated heterocycles. The van der Waals surface area contributed by atoms with Crippen molar-refractivity contribution in [1.29, 1.82) is 0 Å². The predicted molar refractivity (Wildman–Crippen MR) is 136 cm³/mol. The van der Waals surface area contributed by atoms with Gasteiger partial charge in [0.1, 0.15) is 23.7 Å². The van der Waals surface area contributed by atoms with E-state index in [4.69, 9.17) is 10.8 Å². The van der Waals surface area contributed by atoms with Gasteiger partial charge >= 0.3 is 12.3 Å². The number of nitrogen functional groups attached to an aromatic ring is 1. The second-order valence-corrected chi connectivity index (χ2v) is 9.35. The highest BCUT2D eigenvalue weighted by Gasteiger charge is 2.32. The van der Waals surface area contributed by atoms with Crippen LogP contribution in [0, 0.1) is 5.82 Å². The number of nitrogens with zero attached hydrogens (tertiary/aromatic N) is 5. The third kappa shape index (κ3) is 5.24. The molecule has 1 atom stereocenters. The van der Waals surface area contributed by atoms with Crippen molar-refractivity contribution in [3.8, 4) is 11.3 Å². The van der Waals surface area contributed by atoms with Crippen LogP contribution in [0.15, 0.2) is 48.8 Å². The number of rotatable bonds is 5. The number of fused-ring (bicyclic) bond motifs is 1. The minimum atomic E-state index is -4.72. The lowest BCUT2D eigenvalue weighted by atomic mass is 10.1. The topological polar surface area (TPSA) is 139 Å². The van der Waals surface area contributed by atoms with Crippen LogP contribution < -0.4 is 11.1 Å². The molecule has 1 aliphatic rings. The normalized spacial score (nSPS) is 15.8. The molecule has 4 aromatic rings. The van der Waals surface area contributed by atoms with E-state index in [-0.39, 0.29) is 31.0 Å². The van der Waals surface area contributed by atoms with Crippen molar-refractivity contribution in [3.05, 3.63) is 71.3 Å². The molecule has 0 bridgehead atoms. The Kier molecular flexibility index (Phi) is 7.00. The maximum atomic E-state index is 14.1. The number of hydrogen-bond acceptors (Lipinski definition) is 6. The number of anilines is 1. The number of carbonyl (C=O) groups excluding carboxylic acids is 1. The molecule has 5 rings (SSSR count). The first-order valence-corrected chi connectivity index (χ1v) is 12.2. The van der Waals surface area contributed by atoms with Crippen molar-refractivity contribution in [1.82, 2.24) is 30.0 Å². The third-order valence-electron chi connectivity index (χ3n) is 6.75. The average Bonchev–Trinajstić information content (AvgIpc) is 3.32. The van der Waals surface area contributed by atoms with Crippen LogP contribution in [0.5, 0.6) is 0 Å². The summed E-state index contributed by atoms with van der Waals surface area (Å²) >= 11 is 0. The number of aromatic nitrogens is 4. The number of carboxylic acid groups (broad SMARTS) is 1. The Labute approximate surface area is 224 Å². The van der Waals surface area contributed by atoms with Crippen LogP contribution in [0.2, 0.25) is 0 Å². The standard InChI is InChI=1S/C26H23F4N7O3/c27-19-10-16(26(28,29)30)7-8-18(19)24(38)32-11-14-3-5-15(6-4-14)21-20-22(31)33-13-34-23(20)37(35-21)17-2-1-9-36(12-17)25(39)40/h3-8,10,13,17H,1-2,9,11-12H2,(H,32,38)(H,39,40)(H2,31,33,34)/t17-/m1/s1. The van der Waals surface area contributed by atoms with Gasteiger partial charge in [0.25, 0.3) is 5.91 Å². The number of piperidine rings is 1. The summed E-state index contributed by atoms with van der Waals surface area (Å²) in [5.74, 6) is -1.91. The zero-order valence-electron chi connectivity index (χ0n) is 20.8. The van der Waals surface area contributed by atoms with Crippen LogP contribution in [-0.2, 0) is 12.7 Å². The van der Waals surface area contributed by atoms with Crippen LogP contribution in [0.3, 0.4) is 0 Å². The van der Waals surface area contributed by atoms with Gasteiger partial charge in [0.05, 0.1) is 22.6 Å². The van der Waals surface area contributed by atoms with Crippen LogP contribution in [0.25, 0.3) is 22.3 Å². The molecule has 40 heavy (non-hydrogen) atoms. The number of alkyl halides is 3. The van der Waals surface area contributed by atoms with E-state index in [9.17, 15) is 32.3 Å². The molecule has 0 spiro atoms. The number of hydrogen-bond donors (Lipinski definition) is 3. The van der Waals surface area contributed by atoms with Crippen molar-refractivity contribution >= 4 is 28.9 Å². The Hall–Kier alpha value is -4.75. The van der Waals surface area contributed by atoms with Gasteiger partial charge in [0.15, 0.2) is 5.65 Å². The van der Waals surface area contributed by atoms with Crippen molar-refractivity contribution in [2.75, 3.05) is 18.8 Å². The van der Waals surface area contributed by atoms with Crippen LogP contribution in [0.4, 0.5) is 28.2 Å². The number of nitrogens with one attached hydrogen (secondary N) is 1. The minimum absolute atomic E-state index is 0.00683. The fourth-order valence-electron chi connectivity index (χ4n) is 4.71. The van der Waals surface area contributed by atoms with E-state index in [0.717, 1.165) is 6.07 Å². The molecule has 10 nitrogen and oxygen atoms in total. The fourth-order valence-corrected chi connectivity index (χ4v) is 4.71. The maximum absolute atomic E-state index is 14.1. The molecule has 0 unspecified atom stereocenters.